The normalized spacial score (nSPS) is 10.9. The summed E-state index contributed by atoms with van der Waals surface area (Å²) in [5.41, 5.74) is 7.02. The summed E-state index contributed by atoms with van der Waals surface area (Å²) in [6, 6.07) is 22.6. The van der Waals surface area contributed by atoms with Gasteiger partial charge in [0.15, 0.2) is 0 Å². The zero-order chi connectivity index (χ0) is 22.7. The van der Waals surface area contributed by atoms with Crippen LogP contribution in [0.15, 0.2) is 77.4 Å². The van der Waals surface area contributed by atoms with Crippen LogP contribution in [0.5, 0.6) is 0 Å². The van der Waals surface area contributed by atoms with Gasteiger partial charge in [-0.1, -0.05) is 35.9 Å². The summed E-state index contributed by atoms with van der Waals surface area (Å²) < 4.78 is 5.89. The van der Waals surface area contributed by atoms with E-state index in [-0.39, 0.29) is 0 Å². The van der Waals surface area contributed by atoms with E-state index in [4.69, 9.17) is 21.0 Å². The molecule has 4 nitrogen and oxygen atoms in total. The van der Waals surface area contributed by atoms with Crippen LogP contribution in [0.2, 0.25) is 5.02 Å². The standard InChI is InChI=1S/C27H28ClN3O/c1-5-31(6-2)20-13-11-19(12-14-20)27-29-26(18-32-27)23-16-15-21(30(3)4)17-24(23)22-9-7-8-10-25(22)28/h7-18H,5-6H2,1-4H3. The van der Waals surface area contributed by atoms with E-state index in [0.717, 1.165) is 46.7 Å². The van der Waals surface area contributed by atoms with Crippen LogP contribution >= 0.6 is 11.6 Å². The molecule has 0 atom stereocenters. The molecule has 0 radical (unpaired) electrons. The molecule has 0 saturated carbocycles. The quantitative estimate of drug-likeness (QED) is 0.300. The molecule has 4 rings (SSSR count). The van der Waals surface area contributed by atoms with Crippen LogP contribution < -0.4 is 9.80 Å². The van der Waals surface area contributed by atoms with E-state index in [2.05, 4.69) is 66.1 Å². The molecule has 0 amide bonds. The van der Waals surface area contributed by atoms with Gasteiger partial charge in [0, 0.05) is 60.3 Å². The molecule has 3 aromatic carbocycles. The van der Waals surface area contributed by atoms with Crippen molar-refractivity contribution < 1.29 is 4.42 Å². The first-order valence-corrected chi connectivity index (χ1v) is 11.3. The highest BCUT2D eigenvalue weighted by atomic mass is 35.5. The van der Waals surface area contributed by atoms with Crippen molar-refractivity contribution in [3.63, 3.8) is 0 Å². The number of benzene rings is 3. The van der Waals surface area contributed by atoms with Crippen LogP contribution in [0, 0.1) is 0 Å². The summed E-state index contributed by atoms with van der Waals surface area (Å²) >= 11 is 6.55. The summed E-state index contributed by atoms with van der Waals surface area (Å²) in [5, 5.41) is 0.709. The van der Waals surface area contributed by atoms with Crippen LogP contribution in [-0.2, 0) is 0 Å². The third-order valence-electron chi connectivity index (χ3n) is 5.71. The lowest BCUT2D eigenvalue weighted by molar-refractivity contribution is 0.575. The van der Waals surface area contributed by atoms with E-state index in [9.17, 15) is 0 Å². The largest absolute Gasteiger partial charge is 0.444 e. The van der Waals surface area contributed by atoms with E-state index in [1.165, 1.54) is 5.69 Å². The molecule has 0 aliphatic rings. The van der Waals surface area contributed by atoms with Crippen molar-refractivity contribution in [2.45, 2.75) is 13.8 Å². The average Bonchev–Trinajstić information content (AvgIpc) is 3.30. The molecule has 0 N–H and O–H groups in total. The fourth-order valence-corrected chi connectivity index (χ4v) is 4.11. The molecule has 0 bridgehead atoms. The predicted octanol–water partition coefficient (Wildman–Crippen LogP) is 7.24. The predicted molar refractivity (Wildman–Crippen MR) is 136 cm³/mol. The van der Waals surface area contributed by atoms with Crippen molar-refractivity contribution in [3.8, 4) is 33.8 Å². The molecule has 5 heteroatoms. The van der Waals surface area contributed by atoms with Crippen molar-refractivity contribution in [1.82, 2.24) is 4.98 Å². The Morgan fingerprint density at radius 2 is 1.50 bits per heavy atom. The lowest BCUT2D eigenvalue weighted by Crippen LogP contribution is -2.21. The van der Waals surface area contributed by atoms with Crippen LogP contribution in [-0.4, -0.2) is 32.2 Å². The second kappa shape index (κ2) is 9.49. The van der Waals surface area contributed by atoms with Gasteiger partial charge in [-0.2, -0.15) is 0 Å². The molecule has 0 aliphatic heterocycles. The summed E-state index contributed by atoms with van der Waals surface area (Å²) in [6.45, 7) is 6.28. The van der Waals surface area contributed by atoms with Gasteiger partial charge in [0.05, 0.1) is 0 Å². The van der Waals surface area contributed by atoms with Crippen molar-refractivity contribution in [2.24, 2.45) is 0 Å². The van der Waals surface area contributed by atoms with E-state index >= 15 is 0 Å². The van der Waals surface area contributed by atoms with E-state index in [1.54, 1.807) is 6.26 Å². The summed E-state index contributed by atoms with van der Waals surface area (Å²) in [6.07, 6.45) is 1.72. The lowest BCUT2D eigenvalue weighted by atomic mass is 9.97. The molecular formula is C27H28ClN3O. The number of anilines is 2. The zero-order valence-corrected chi connectivity index (χ0v) is 19.7. The third-order valence-corrected chi connectivity index (χ3v) is 6.04. The fraction of sp³-hybridized carbons (Fsp3) is 0.222. The Morgan fingerprint density at radius 1 is 0.812 bits per heavy atom. The number of aromatic nitrogens is 1. The number of rotatable bonds is 7. The Hall–Kier alpha value is -3.24. The van der Waals surface area contributed by atoms with Crippen LogP contribution in [0.1, 0.15) is 13.8 Å². The molecule has 0 spiro atoms. The van der Waals surface area contributed by atoms with Gasteiger partial charge in [-0.05, 0) is 61.9 Å². The molecular weight excluding hydrogens is 418 g/mol. The zero-order valence-electron chi connectivity index (χ0n) is 19.0. The Labute approximate surface area is 195 Å². The minimum atomic E-state index is 0.605. The second-order valence-corrected chi connectivity index (χ2v) is 8.27. The van der Waals surface area contributed by atoms with Crippen LogP contribution in [0.4, 0.5) is 11.4 Å². The van der Waals surface area contributed by atoms with Gasteiger partial charge in [-0.3, -0.25) is 0 Å². The van der Waals surface area contributed by atoms with Gasteiger partial charge in [0.25, 0.3) is 0 Å². The third kappa shape index (κ3) is 4.37. The number of hydrogen-bond acceptors (Lipinski definition) is 4. The first kappa shape index (κ1) is 22.0. The Morgan fingerprint density at radius 3 is 2.16 bits per heavy atom. The maximum absolute atomic E-state index is 6.55. The van der Waals surface area contributed by atoms with Gasteiger partial charge >= 0.3 is 0 Å². The van der Waals surface area contributed by atoms with Gasteiger partial charge in [0.1, 0.15) is 12.0 Å². The van der Waals surface area contributed by atoms with E-state index in [0.29, 0.717) is 10.9 Å². The average molecular weight is 446 g/mol. The van der Waals surface area contributed by atoms with Crippen LogP contribution in [0.25, 0.3) is 33.8 Å². The van der Waals surface area contributed by atoms with Crippen molar-refractivity contribution in [1.29, 1.82) is 0 Å². The van der Waals surface area contributed by atoms with Crippen molar-refractivity contribution in [2.75, 3.05) is 37.0 Å². The minimum absolute atomic E-state index is 0.605. The Kier molecular flexibility index (Phi) is 6.52. The molecule has 4 aromatic rings. The van der Waals surface area contributed by atoms with Gasteiger partial charge in [0.2, 0.25) is 5.89 Å². The van der Waals surface area contributed by atoms with Gasteiger partial charge in [-0.15, -0.1) is 0 Å². The molecule has 0 aliphatic carbocycles. The highest BCUT2D eigenvalue weighted by Crippen LogP contribution is 2.38. The topological polar surface area (TPSA) is 32.5 Å². The van der Waals surface area contributed by atoms with Gasteiger partial charge in [-0.25, -0.2) is 4.98 Å². The van der Waals surface area contributed by atoms with E-state index in [1.807, 2.05) is 38.4 Å². The highest BCUT2D eigenvalue weighted by molar-refractivity contribution is 6.33. The maximum atomic E-state index is 6.55. The highest BCUT2D eigenvalue weighted by Gasteiger charge is 2.16. The Balaban J connectivity index is 1.74. The summed E-state index contributed by atoms with van der Waals surface area (Å²) in [5.74, 6) is 0.605. The molecule has 164 valence electrons. The number of hydrogen-bond donors (Lipinski definition) is 0. The van der Waals surface area contributed by atoms with Crippen LogP contribution in [0.3, 0.4) is 0 Å². The maximum Gasteiger partial charge on any atom is 0.226 e. The van der Waals surface area contributed by atoms with Crippen molar-refractivity contribution in [3.05, 3.63) is 78.0 Å². The SMILES string of the molecule is CCN(CC)c1ccc(-c2nc(-c3ccc(N(C)C)cc3-c3ccccc3Cl)co2)cc1. The first-order chi connectivity index (χ1) is 15.5. The van der Waals surface area contributed by atoms with Gasteiger partial charge < -0.3 is 14.2 Å². The molecule has 1 aromatic heterocycles. The fourth-order valence-electron chi connectivity index (χ4n) is 3.87. The minimum Gasteiger partial charge on any atom is -0.444 e. The first-order valence-electron chi connectivity index (χ1n) is 10.9. The molecule has 1 heterocycles. The van der Waals surface area contributed by atoms with Crippen molar-refractivity contribution >= 4 is 23.0 Å². The summed E-state index contributed by atoms with van der Waals surface area (Å²) in [4.78, 5) is 9.21. The monoisotopic (exact) mass is 445 g/mol. The number of nitrogens with zero attached hydrogens (tertiary/aromatic N) is 3. The Bertz CT molecular complexity index is 1190. The smallest absolute Gasteiger partial charge is 0.226 e. The lowest BCUT2D eigenvalue weighted by Gasteiger charge is -2.20. The molecule has 32 heavy (non-hydrogen) atoms. The molecule has 0 fully saturated rings. The number of oxazole rings is 1. The number of halogens is 1. The summed E-state index contributed by atoms with van der Waals surface area (Å²) in [7, 11) is 4.06. The van der Waals surface area contributed by atoms with E-state index < -0.39 is 0 Å². The second-order valence-electron chi connectivity index (χ2n) is 7.86. The molecule has 0 unspecified atom stereocenters. The molecule has 0 saturated heterocycles.